The first kappa shape index (κ1) is 19.1. The molecular formula is C17H16BrClN2O4. The third kappa shape index (κ3) is 4.64. The van der Waals surface area contributed by atoms with Crippen LogP contribution in [-0.2, 0) is 0 Å². The molecule has 0 aliphatic carbocycles. The van der Waals surface area contributed by atoms with Gasteiger partial charge < -0.3 is 14.2 Å². The molecule has 0 saturated heterocycles. The van der Waals surface area contributed by atoms with E-state index in [1.165, 1.54) is 20.4 Å². The zero-order valence-corrected chi connectivity index (χ0v) is 16.1. The maximum absolute atomic E-state index is 12.1. The molecule has 2 aromatic carbocycles. The van der Waals surface area contributed by atoms with Crippen LogP contribution >= 0.6 is 27.5 Å². The molecule has 25 heavy (non-hydrogen) atoms. The van der Waals surface area contributed by atoms with Crippen LogP contribution in [-0.4, -0.2) is 33.5 Å². The van der Waals surface area contributed by atoms with E-state index in [-0.39, 0.29) is 5.91 Å². The maximum Gasteiger partial charge on any atom is 0.271 e. The molecule has 0 atom stereocenters. The Morgan fingerprint density at radius 3 is 2.32 bits per heavy atom. The van der Waals surface area contributed by atoms with Crippen LogP contribution in [0, 0.1) is 0 Å². The molecule has 2 aromatic rings. The lowest BCUT2D eigenvalue weighted by Gasteiger charge is -2.09. The van der Waals surface area contributed by atoms with Crippen molar-refractivity contribution in [2.45, 2.75) is 0 Å². The standard InChI is InChI=1S/C17H16BrClN2O4/c1-23-14-5-4-10(6-12(14)18)17(22)21-20-9-11-7-15(24-2)16(25-3)8-13(11)19/h4-9H,1-3H3,(H,21,22)/b20-9+. The number of ether oxygens (including phenoxy) is 3. The average molecular weight is 428 g/mol. The lowest BCUT2D eigenvalue weighted by Crippen LogP contribution is -2.17. The summed E-state index contributed by atoms with van der Waals surface area (Å²) in [5.74, 6) is 1.30. The topological polar surface area (TPSA) is 69.2 Å². The Hall–Kier alpha value is -2.25. The van der Waals surface area contributed by atoms with Crippen molar-refractivity contribution in [2.75, 3.05) is 21.3 Å². The van der Waals surface area contributed by atoms with Gasteiger partial charge in [-0.25, -0.2) is 5.43 Å². The number of rotatable bonds is 6. The second-order valence-corrected chi connectivity index (χ2v) is 6.04. The molecule has 0 bridgehead atoms. The van der Waals surface area contributed by atoms with Crippen LogP contribution in [0.3, 0.4) is 0 Å². The van der Waals surface area contributed by atoms with E-state index in [0.29, 0.717) is 37.9 Å². The van der Waals surface area contributed by atoms with Gasteiger partial charge in [0, 0.05) is 17.2 Å². The summed E-state index contributed by atoms with van der Waals surface area (Å²) in [5.41, 5.74) is 3.46. The van der Waals surface area contributed by atoms with Gasteiger partial charge in [-0.1, -0.05) is 11.6 Å². The number of carbonyl (C=O) groups is 1. The Morgan fingerprint density at radius 2 is 1.72 bits per heavy atom. The molecule has 0 spiro atoms. The molecule has 0 fully saturated rings. The third-order valence-electron chi connectivity index (χ3n) is 3.29. The number of amides is 1. The fourth-order valence-electron chi connectivity index (χ4n) is 2.00. The molecule has 0 saturated carbocycles. The van der Waals surface area contributed by atoms with Crippen LogP contribution in [0.1, 0.15) is 15.9 Å². The number of halogens is 2. The van der Waals surface area contributed by atoms with E-state index < -0.39 is 0 Å². The summed E-state index contributed by atoms with van der Waals surface area (Å²) in [7, 11) is 4.60. The van der Waals surface area contributed by atoms with E-state index in [1.54, 1.807) is 37.4 Å². The van der Waals surface area contributed by atoms with E-state index in [2.05, 4.69) is 26.5 Å². The van der Waals surface area contributed by atoms with Gasteiger partial charge in [0.2, 0.25) is 0 Å². The highest BCUT2D eigenvalue weighted by atomic mass is 79.9. The molecule has 0 aliphatic heterocycles. The second kappa shape index (κ2) is 8.73. The molecule has 0 radical (unpaired) electrons. The molecule has 6 nitrogen and oxygen atoms in total. The van der Waals surface area contributed by atoms with Gasteiger partial charge in [-0.05, 0) is 40.2 Å². The average Bonchev–Trinajstić information content (AvgIpc) is 2.62. The first-order valence-electron chi connectivity index (χ1n) is 7.08. The molecule has 132 valence electrons. The number of methoxy groups -OCH3 is 3. The van der Waals surface area contributed by atoms with E-state index in [4.69, 9.17) is 25.8 Å². The molecule has 2 rings (SSSR count). The Morgan fingerprint density at radius 1 is 1.08 bits per heavy atom. The smallest absolute Gasteiger partial charge is 0.271 e. The highest BCUT2D eigenvalue weighted by molar-refractivity contribution is 9.10. The van der Waals surface area contributed by atoms with Gasteiger partial charge in [0.25, 0.3) is 5.91 Å². The highest BCUT2D eigenvalue weighted by Crippen LogP contribution is 2.32. The number of carbonyl (C=O) groups excluding carboxylic acids is 1. The molecule has 1 N–H and O–H groups in total. The van der Waals surface area contributed by atoms with Crippen LogP contribution in [0.25, 0.3) is 0 Å². The predicted octanol–water partition coefficient (Wildman–Crippen LogP) is 3.89. The lowest BCUT2D eigenvalue weighted by atomic mass is 10.2. The normalized spacial score (nSPS) is 10.6. The van der Waals surface area contributed by atoms with E-state index in [1.807, 2.05) is 0 Å². The van der Waals surface area contributed by atoms with Crippen molar-refractivity contribution in [3.8, 4) is 17.2 Å². The Labute approximate surface area is 158 Å². The fourth-order valence-corrected chi connectivity index (χ4v) is 2.74. The van der Waals surface area contributed by atoms with Crippen molar-refractivity contribution in [1.82, 2.24) is 5.43 Å². The minimum atomic E-state index is -0.365. The van der Waals surface area contributed by atoms with Crippen molar-refractivity contribution < 1.29 is 19.0 Å². The first-order chi connectivity index (χ1) is 12.0. The zero-order valence-electron chi connectivity index (χ0n) is 13.8. The number of benzene rings is 2. The largest absolute Gasteiger partial charge is 0.496 e. The maximum atomic E-state index is 12.1. The number of nitrogens with zero attached hydrogens (tertiary/aromatic N) is 1. The van der Waals surface area contributed by atoms with Crippen LogP contribution < -0.4 is 19.6 Å². The minimum Gasteiger partial charge on any atom is -0.496 e. The zero-order chi connectivity index (χ0) is 18.4. The molecular weight excluding hydrogens is 412 g/mol. The van der Waals surface area contributed by atoms with Gasteiger partial charge in [-0.3, -0.25) is 4.79 Å². The van der Waals surface area contributed by atoms with Crippen molar-refractivity contribution in [1.29, 1.82) is 0 Å². The SMILES string of the molecule is COc1ccc(C(=O)N/N=C/c2cc(OC)c(OC)cc2Cl)cc1Br. The van der Waals surface area contributed by atoms with Crippen LogP contribution in [0.15, 0.2) is 39.9 Å². The van der Waals surface area contributed by atoms with Crippen molar-refractivity contribution in [2.24, 2.45) is 5.10 Å². The Kier molecular flexibility index (Phi) is 6.66. The summed E-state index contributed by atoms with van der Waals surface area (Å²) in [6, 6.07) is 8.25. The molecule has 0 aliphatic rings. The van der Waals surface area contributed by atoms with Crippen LogP contribution in [0.2, 0.25) is 5.02 Å². The molecule has 0 aromatic heterocycles. The summed E-state index contributed by atoms with van der Waals surface area (Å²) in [4.78, 5) is 12.1. The van der Waals surface area contributed by atoms with Gasteiger partial charge in [-0.2, -0.15) is 5.10 Å². The molecule has 8 heteroatoms. The summed E-state index contributed by atoms with van der Waals surface area (Å²) in [6.45, 7) is 0. The van der Waals surface area contributed by atoms with E-state index in [0.717, 1.165) is 0 Å². The fraction of sp³-hybridized carbons (Fsp3) is 0.176. The van der Waals surface area contributed by atoms with Gasteiger partial charge in [0.15, 0.2) is 11.5 Å². The van der Waals surface area contributed by atoms with Gasteiger partial charge in [0.1, 0.15) is 5.75 Å². The van der Waals surface area contributed by atoms with Crippen molar-refractivity contribution >= 4 is 39.7 Å². The van der Waals surface area contributed by atoms with Gasteiger partial charge in [-0.15, -0.1) is 0 Å². The first-order valence-corrected chi connectivity index (χ1v) is 8.25. The number of nitrogens with one attached hydrogen (secondary N) is 1. The van der Waals surface area contributed by atoms with E-state index >= 15 is 0 Å². The minimum absolute atomic E-state index is 0.365. The predicted molar refractivity (Wildman–Crippen MR) is 100 cm³/mol. The number of hydrogen-bond donors (Lipinski definition) is 1. The molecule has 0 heterocycles. The highest BCUT2D eigenvalue weighted by Gasteiger charge is 2.10. The molecule has 1 amide bonds. The summed E-state index contributed by atoms with van der Waals surface area (Å²) >= 11 is 9.50. The monoisotopic (exact) mass is 426 g/mol. The Bertz CT molecular complexity index is 811. The second-order valence-electron chi connectivity index (χ2n) is 4.78. The molecule has 0 unspecified atom stereocenters. The quantitative estimate of drug-likeness (QED) is 0.561. The number of hydrazone groups is 1. The van der Waals surface area contributed by atoms with Crippen molar-refractivity contribution in [3.05, 3.63) is 51.0 Å². The Balaban J connectivity index is 2.12. The summed E-state index contributed by atoms with van der Waals surface area (Å²) < 4.78 is 16.2. The van der Waals surface area contributed by atoms with Gasteiger partial charge >= 0.3 is 0 Å². The van der Waals surface area contributed by atoms with Crippen LogP contribution in [0.4, 0.5) is 0 Å². The lowest BCUT2D eigenvalue weighted by molar-refractivity contribution is 0.0955. The number of hydrogen-bond acceptors (Lipinski definition) is 5. The van der Waals surface area contributed by atoms with Crippen molar-refractivity contribution in [3.63, 3.8) is 0 Å². The summed E-state index contributed by atoms with van der Waals surface area (Å²) in [6.07, 6.45) is 1.43. The van der Waals surface area contributed by atoms with Crippen LogP contribution in [0.5, 0.6) is 17.2 Å². The third-order valence-corrected chi connectivity index (χ3v) is 4.23. The summed E-state index contributed by atoms with van der Waals surface area (Å²) in [5, 5.41) is 4.35. The van der Waals surface area contributed by atoms with E-state index in [9.17, 15) is 4.79 Å². The van der Waals surface area contributed by atoms with Gasteiger partial charge in [0.05, 0.1) is 37.0 Å².